The number of aryl methyl sites for hydroxylation is 1. The number of hydrogen-bond acceptors (Lipinski definition) is 4. The van der Waals surface area contributed by atoms with E-state index in [-0.39, 0.29) is 5.60 Å². The monoisotopic (exact) mass is 308 g/mol. The lowest BCUT2D eigenvalue weighted by Gasteiger charge is -2.21. The maximum absolute atomic E-state index is 5.79. The van der Waals surface area contributed by atoms with Crippen LogP contribution in [0, 0.1) is 6.92 Å². The molecule has 0 bridgehead atoms. The van der Waals surface area contributed by atoms with Crippen LogP contribution in [-0.4, -0.2) is 15.6 Å². The third-order valence-corrected chi connectivity index (χ3v) is 3.15. The minimum atomic E-state index is -0.218. The van der Waals surface area contributed by atoms with E-state index in [1.165, 1.54) is 0 Å². The van der Waals surface area contributed by atoms with E-state index in [9.17, 15) is 0 Å². The molecule has 118 valence electrons. The second kappa shape index (κ2) is 5.88. The van der Waals surface area contributed by atoms with Gasteiger partial charge in [0.1, 0.15) is 17.1 Å². The van der Waals surface area contributed by atoms with Gasteiger partial charge < -0.3 is 9.47 Å². The predicted molar refractivity (Wildman–Crippen MR) is 91.2 cm³/mol. The van der Waals surface area contributed by atoms with Crippen molar-refractivity contribution in [2.24, 2.45) is 0 Å². The summed E-state index contributed by atoms with van der Waals surface area (Å²) in [4.78, 5) is 8.87. The standard InChI is InChI=1S/C19H20N2O2/c1-13-5-10-16-17(11-13)20-12-18(21-16)22-14-6-8-15(9-7-14)23-19(2,3)4/h5-12H,1-4H3. The van der Waals surface area contributed by atoms with Crippen molar-refractivity contribution in [3.05, 3.63) is 54.2 Å². The quantitative estimate of drug-likeness (QED) is 0.689. The molecule has 0 N–H and O–H groups in total. The summed E-state index contributed by atoms with van der Waals surface area (Å²) in [6.45, 7) is 8.09. The van der Waals surface area contributed by atoms with Gasteiger partial charge in [-0.1, -0.05) is 6.07 Å². The number of aromatic nitrogens is 2. The van der Waals surface area contributed by atoms with Crippen LogP contribution in [0.15, 0.2) is 48.7 Å². The van der Waals surface area contributed by atoms with Crippen LogP contribution in [0.3, 0.4) is 0 Å². The van der Waals surface area contributed by atoms with Crippen LogP contribution in [0.5, 0.6) is 17.4 Å². The molecule has 2 aromatic carbocycles. The van der Waals surface area contributed by atoms with Gasteiger partial charge in [-0.05, 0) is 69.7 Å². The molecule has 0 radical (unpaired) electrons. The van der Waals surface area contributed by atoms with Gasteiger partial charge in [0.25, 0.3) is 0 Å². The topological polar surface area (TPSA) is 44.2 Å². The highest BCUT2D eigenvalue weighted by molar-refractivity contribution is 5.75. The zero-order valence-electron chi connectivity index (χ0n) is 13.8. The summed E-state index contributed by atoms with van der Waals surface area (Å²) < 4.78 is 11.6. The predicted octanol–water partition coefficient (Wildman–Crippen LogP) is 4.91. The van der Waals surface area contributed by atoms with Gasteiger partial charge in [-0.25, -0.2) is 9.97 Å². The minimum Gasteiger partial charge on any atom is -0.488 e. The minimum absolute atomic E-state index is 0.218. The molecular weight excluding hydrogens is 288 g/mol. The van der Waals surface area contributed by atoms with Gasteiger partial charge in [0, 0.05) is 0 Å². The first kappa shape index (κ1) is 15.3. The maximum atomic E-state index is 5.79. The average Bonchev–Trinajstić information content (AvgIpc) is 2.48. The van der Waals surface area contributed by atoms with E-state index in [0.717, 1.165) is 22.3 Å². The highest BCUT2D eigenvalue weighted by Gasteiger charge is 2.11. The summed E-state index contributed by atoms with van der Waals surface area (Å²) in [5, 5.41) is 0. The third-order valence-electron chi connectivity index (χ3n) is 3.15. The Bertz CT molecular complexity index is 821. The normalized spacial score (nSPS) is 11.5. The molecular formula is C19H20N2O2. The molecule has 0 saturated carbocycles. The van der Waals surface area contributed by atoms with Crippen molar-refractivity contribution >= 4 is 11.0 Å². The number of rotatable bonds is 3. The Hall–Kier alpha value is -2.62. The maximum Gasteiger partial charge on any atom is 0.238 e. The van der Waals surface area contributed by atoms with Crippen LogP contribution in [0.25, 0.3) is 11.0 Å². The molecule has 4 heteroatoms. The van der Waals surface area contributed by atoms with Crippen LogP contribution in [0.1, 0.15) is 26.3 Å². The third kappa shape index (κ3) is 3.97. The Kier molecular flexibility index (Phi) is 3.90. The van der Waals surface area contributed by atoms with Crippen molar-refractivity contribution in [3.8, 4) is 17.4 Å². The molecule has 0 aliphatic rings. The smallest absolute Gasteiger partial charge is 0.238 e. The zero-order chi connectivity index (χ0) is 16.4. The fourth-order valence-electron chi connectivity index (χ4n) is 2.20. The Labute approximate surface area is 136 Å². The fourth-order valence-corrected chi connectivity index (χ4v) is 2.20. The van der Waals surface area contributed by atoms with Crippen LogP contribution >= 0.6 is 0 Å². The Balaban J connectivity index is 1.77. The first-order valence-electron chi connectivity index (χ1n) is 7.59. The highest BCUT2D eigenvalue weighted by Crippen LogP contribution is 2.25. The van der Waals surface area contributed by atoms with E-state index in [4.69, 9.17) is 9.47 Å². The van der Waals surface area contributed by atoms with E-state index < -0.39 is 0 Å². The summed E-state index contributed by atoms with van der Waals surface area (Å²) in [7, 11) is 0. The number of nitrogens with zero attached hydrogens (tertiary/aromatic N) is 2. The van der Waals surface area contributed by atoms with E-state index in [1.807, 2.05) is 70.2 Å². The van der Waals surface area contributed by atoms with Crippen LogP contribution in [0.2, 0.25) is 0 Å². The van der Waals surface area contributed by atoms with Crippen molar-refractivity contribution in [2.75, 3.05) is 0 Å². The molecule has 23 heavy (non-hydrogen) atoms. The number of fused-ring (bicyclic) bond motifs is 1. The van der Waals surface area contributed by atoms with Crippen LogP contribution in [-0.2, 0) is 0 Å². The molecule has 0 spiro atoms. The molecule has 0 fully saturated rings. The van der Waals surface area contributed by atoms with Crippen LogP contribution < -0.4 is 9.47 Å². The Morgan fingerprint density at radius 1 is 0.870 bits per heavy atom. The van der Waals surface area contributed by atoms with Gasteiger partial charge in [0.2, 0.25) is 5.88 Å². The lowest BCUT2D eigenvalue weighted by molar-refractivity contribution is 0.131. The molecule has 0 saturated heterocycles. The fraction of sp³-hybridized carbons (Fsp3) is 0.263. The molecule has 0 amide bonds. The molecule has 0 atom stereocenters. The van der Waals surface area contributed by atoms with Crippen molar-refractivity contribution in [2.45, 2.75) is 33.3 Å². The van der Waals surface area contributed by atoms with Gasteiger partial charge >= 0.3 is 0 Å². The molecule has 1 heterocycles. The Morgan fingerprint density at radius 2 is 1.57 bits per heavy atom. The number of benzene rings is 2. The Morgan fingerprint density at radius 3 is 2.26 bits per heavy atom. The number of hydrogen-bond donors (Lipinski definition) is 0. The van der Waals surface area contributed by atoms with Gasteiger partial charge in [-0.3, -0.25) is 0 Å². The average molecular weight is 308 g/mol. The lowest BCUT2D eigenvalue weighted by Crippen LogP contribution is -2.22. The second-order valence-electron chi connectivity index (χ2n) is 6.49. The van der Waals surface area contributed by atoms with Gasteiger partial charge in [-0.15, -0.1) is 0 Å². The molecule has 1 aromatic heterocycles. The van der Waals surface area contributed by atoms with E-state index in [2.05, 4.69) is 9.97 Å². The molecule has 0 aliphatic heterocycles. The SMILES string of the molecule is Cc1ccc2nc(Oc3ccc(OC(C)(C)C)cc3)cnc2c1. The summed E-state index contributed by atoms with van der Waals surface area (Å²) in [6, 6.07) is 13.5. The highest BCUT2D eigenvalue weighted by atomic mass is 16.5. The summed E-state index contributed by atoms with van der Waals surface area (Å²) >= 11 is 0. The molecule has 3 aromatic rings. The molecule has 0 aliphatic carbocycles. The van der Waals surface area contributed by atoms with Gasteiger partial charge in [0.05, 0.1) is 17.2 Å². The van der Waals surface area contributed by atoms with Crippen molar-refractivity contribution in [3.63, 3.8) is 0 Å². The first-order valence-corrected chi connectivity index (χ1v) is 7.59. The van der Waals surface area contributed by atoms with E-state index in [0.29, 0.717) is 11.6 Å². The summed E-state index contributed by atoms with van der Waals surface area (Å²) in [5.74, 6) is 1.99. The van der Waals surface area contributed by atoms with Crippen molar-refractivity contribution in [1.82, 2.24) is 9.97 Å². The van der Waals surface area contributed by atoms with Gasteiger partial charge in [-0.2, -0.15) is 0 Å². The zero-order valence-corrected chi connectivity index (χ0v) is 13.8. The summed E-state index contributed by atoms with van der Waals surface area (Å²) in [6.07, 6.45) is 1.64. The lowest BCUT2D eigenvalue weighted by atomic mass is 10.2. The molecule has 3 rings (SSSR count). The van der Waals surface area contributed by atoms with Crippen LogP contribution in [0.4, 0.5) is 0 Å². The van der Waals surface area contributed by atoms with Crippen molar-refractivity contribution in [1.29, 1.82) is 0 Å². The summed E-state index contributed by atoms with van der Waals surface area (Å²) in [5.41, 5.74) is 2.63. The first-order chi connectivity index (χ1) is 10.9. The van der Waals surface area contributed by atoms with Crippen molar-refractivity contribution < 1.29 is 9.47 Å². The molecule has 0 unspecified atom stereocenters. The largest absolute Gasteiger partial charge is 0.488 e. The second-order valence-corrected chi connectivity index (χ2v) is 6.49. The van der Waals surface area contributed by atoms with E-state index >= 15 is 0 Å². The van der Waals surface area contributed by atoms with E-state index in [1.54, 1.807) is 6.20 Å². The van der Waals surface area contributed by atoms with Gasteiger partial charge in [0.15, 0.2) is 0 Å². The number of ether oxygens (including phenoxy) is 2. The molecule has 4 nitrogen and oxygen atoms in total.